The standard InChI is InChI=1S/C17H21N5OS/c23-16-2-1-5-21(16)14-6-18-22(10-14)15-8-20(9-15)7-13-11-24-17(19-13)12-3-4-12/h6,10-12,15H,1-5,7-9H2. The molecule has 2 aliphatic heterocycles. The lowest BCUT2D eigenvalue weighted by Crippen LogP contribution is -2.47. The Kier molecular flexibility index (Phi) is 3.45. The molecule has 3 aliphatic rings. The molecule has 7 heteroatoms. The highest BCUT2D eigenvalue weighted by atomic mass is 32.1. The molecule has 1 saturated carbocycles. The zero-order chi connectivity index (χ0) is 16.1. The molecule has 126 valence electrons. The number of amides is 1. The molecule has 0 N–H and O–H groups in total. The molecule has 0 atom stereocenters. The van der Waals surface area contributed by atoms with Gasteiger partial charge in [0.05, 0.1) is 28.6 Å². The van der Waals surface area contributed by atoms with E-state index in [1.54, 1.807) is 0 Å². The Hall–Kier alpha value is -1.73. The predicted molar refractivity (Wildman–Crippen MR) is 92.2 cm³/mol. The molecule has 3 fully saturated rings. The summed E-state index contributed by atoms with van der Waals surface area (Å²) in [5, 5.41) is 8.02. The minimum absolute atomic E-state index is 0.222. The van der Waals surface area contributed by atoms with Gasteiger partial charge in [0, 0.05) is 50.1 Å². The topological polar surface area (TPSA) is 54.3 Å². The first kappa shape index (κ1) is 14.6. The third kappa shape index (κ3) is 2.65. The fourth-order valence-electron chi connectivity index (χ4n) is 3.57. The molecule has 0 unspecified atom stereocenters. The second kappa shape index (κ2) is 5.67. The summed E-state index contributed by atoms with van der Waals surface area (Å²) < 4.78 is 2.02. The second-order valence-corrected chi connectivity index (χ2v) is 8.02. The van der Waals surface area contributed by atoms with Gasteiger partial charge in [0.2, 0.25) is 5.91 Å². The van der Waals surface area contributed by atoms with E-state index in [2.05, 4.69) is 15.4 Å². The normalized spacial score (nSPS) is 22.3. The van der Waals surface area contributed by atoms with Gasteiger partial charge in [-0.3, -0.25) is 14.4 Å². The van der Waals surface area contributed by atoms with Crippen molar-refractivity contribution in [2.75, 3.05) is 24.5 Å². The van der Waals surface area contributed by atoms with Gasteiger partial charge in [-0.05, 0) is 19.3 Å². The SMILES string of the molecule is O=C1CCCN1c1cnn(C2CN(Cc3csc(C4CC4)n3)C2)c1. The van der Waals surface area contributed by atoms with Crippen molar-refractivity contribution in [2.24, 2.45) is 0 Å². The van der Waals surface area contributed by atoms with E-state index in [9.17, 15) is 4.79 Å². The van der Waals surface area contributed by atoms with Crippen LogP contribution in [-0.2, 0) is 11.3 Å². The second-order valence-electron chi connectivity index (χ2n) is 7.13. The Bertz CT molecular complexity index is 759. The Morgan fingerprint density at radius 2 is 2.17 bits per heavy atom. The molecule has 4 heterocycles. The maximum atomic E-state index is 11.8. The summed E-state index contributed by atoms with van der Waals surface area (Å²) in [5.41, 5.74) is 2.16. The zero-order valence-electron chi connectivity index (χ0n) is 13.6. The highest BCUT2D eigenvalue weighted by Gasteiger charge is 2.31. The molecule has 0 bridgehead atoms. The molecule has 2 aromatic heterocycles. The molecular weight excluding hydrogens is 322 g/mol. The van der Waals surface area contributed by atoms with Crippen LogP contribution in [0.5, 0.6) is 0 Å². The van der Waals surface area contributed by atoms with Gasteiger partial charge in [0.1, 0.15) is 0 Å². The smallest absolute Gasteiger partial charge is 0.227 e. The summed E-state index contributed by atoms with van der Waals surface area (Å²) >= 11 is 1.82. The molecule has 0 aromatic carbocycles. The van der Waals surface area contributed by atoms with Crippen molar-refractivity contribution in [2.45, 2.75) is 44.2 Å². The van der Waals surface area contributed by atoms with Crippen molar-refractivity contribution in [1.82, 2.24) is 19.7 Å². The number of thiazole rings is 1. The van der Waals surface area contributed by atoms with Gasteiger partial charge in [-0.25, -0.2) is 4.98 Å². The van der Waals surface area contributed by atoms with E-state index < -0.39 is 0 Å². The third-order valence-corrected chi connectivity index (χ3v) is 6.22. The molecule has 6 nitrogen and oxygen atoms in total. The predicted octanol–water partition coefficient (Wildman–Crippen LogP) is 2.40. The number of hydrogen-bond acceptors (Lipinski definition) is 5. The fraction of sp³-hybridized carbons (Fsp3) is 0.588. The van der Waals surface area contributed by atoms with Crippen LogP contribution in [0.25, 0.3) is 0 Å². The van der Waals surface area contributed by atoms with Crippen LogP contribution in [0.3, 0.4) is 0 Å². The van der Waals surface area contributed by atoms with Gasteiger partial charge in [0.25, 0.3) is 0 Å². The van der Waals surface area contributed by atoms with Gasteiger partial charge in [-0.2, -0.15) is 5.10 Å². The van der Waals surface area contributed by atoms with Crippen molar-refractivity contribution in [3.63, 3.8) is 0 Å². The highest BCUT2D eigenvalue weighted by Crippen LogP contribution is 2.41. The molecule has 0 spiro atoms. The molecule has 5 rings (SSSR count). The van der Waals surface area contributed by atoms with E-state index in [0.29, 0.717) is 12.5 Å². The maximum absolute atomic E-state index is 11.8. The van der Waals surface area contributed by atoms with Crippen molar-refractivity contribution >= 4 is 22.9 Å². The van der Waals surface area contributed by atoms with E-state index in [0.717, 1.165) is 44.2 Å². The van der Waals surface area contributed by atoms with Crippen molar-refractivity contribution in [1.29, 1.82) is 0 Å². The molecule has 2 aromatic rings. The van der Waals surface area contributed by atoms with E-state index in [-0.39, 0.29) is 5.91 Å². The Labute approximate surface area is 145 Å². The summed E-state index contributed by atoms with van der Waals surface area (Å²) in [7, 11) is 0. The summed E-state index contributed by atoms with van der Waals surface area (Å²) in [6.07, 6.45) is 8.11. The number of carbonyl (C=O) groups is 1. The van der Waals surface area contributed by atoms with Crippen molar-refractivity contribution in [3.05, 3.63) is 28.5 Å². The van der Waals surface area contributed by atoms with Gasteiger partial charge in [-0.1, -0.05) is 0 Å². The largest absolute Gasteiger partial charge is 0.309 e. The van der Waals surface area contributed by atoms with Gasteiger partial charge in [0.15, 0.2) is 0 Å². The van der Waals surface area contributed by atoms with Crippen LogP contribution in [0.15, 0.2) is 17.8 Å². The monoisotopic (exact) mass is 343 g/mol. The number of carbonyl (C=O) groups excluding carboxylic acids is 1. The highest BCUT2D eigenvalue weighted by molar-refractivity contribution is 7.09. The van der Waals surface area contributed by atoms with Crippen LogP contribution >= 0.6 is 11.3 Å². The Balaban J connectivity index is 1.17. The van der Waals surface area contributed by atoms with Crippen LogP contribution in [0.4, 0.5) is 5.69 Å². The van der Waals surface area contributed by atoms with Crippen LogP contribution in [0, 0.1) is 0 Å². The number of hydrogen-bond donors (Lipinski definition) is 0. The van der Waals surface area contributed by atoms with Gasteiger partial charge in [-0.15, -0.1) is 11.3 Å². The van der Waals surface area contributed by atoms with E-state index in [4.69, 9.17) is 4.98 Å². The van der Waals surface area contributed by atoms with Gasteiger partial charge < -0.3 is 4.90 Å². The maximum Gasteiger partial charge on any atom is 0.227 e. The molecule has 24 heavy (non-hydrogen) atoms. The first-order chi connectivity index (χ1) is 11.8. The average molecular weight is 343 g/mol. The Morgan fingerprint density at radius 3 is 2.92 bits per heavy atom. The summed E-state index contributed by atoms with van der Waals surface area (Å²) in [5.74, 6) is 0.975. The zero-order valence-corrected chi connectivity index (χ0v) is 14.4. The van der Waals surface area contributed by atoms with Crippen LogP contribution < -0.4 is 4.90 Å². The molecule has 1 aliphatic carbocycles. The third-order valence-electron chi connectivity index (χ3n) is 5.17. The average Bonchev–Trinajstić information content (AvgIpc) is 2.95. The lowest BCUT2D eigenvalue weighted by Gasteiger charge is -2.38. The minimum atomic E-state index is 0.222. The quantitative estimate of drug-likeness (QED) is 0.836. The summed E-state index contributed by atoms with van der Waals surface area (Å²) in [6.45, 7) is 3.78. The molecule has 0 radical (unpaired) electrons. The number of rotatable bonds is 5. The van der Waals surface area contributed by atoms with Crippen LogP contribution in [0.2, 0.25) is 0 Å². The summed E-state index contributed by atoms with van der Waals surface area (Å²) in [4.78, 5) is 20.9. The summed E-state index contributed by atoms with van der Waals surface area (Å²) in [6, 6.07) is 0.415. The fourth-order valence-corrected chi connectivity index (χ4v) is 4.55. The molecule has 1 amide bonds. The first-order valence-corrected chi connectivity index (χ1v) is 9.65. The Morgan fingerprint density at radius 1 is 1.29 bits per heavy atom. The number of aromatic nitrogens is 3. The van der Waals surface area contributed by atoms with Crippen LogP contribution in [-0.4, -0.2) is 45.2 Å². The molecular formula is C17H21N5OS. The number of anilines is 1. The first-order valence-electron chi connectivity index (χ1n) is 8.77. The van der Waals surface area contributed by atoms with Crippen LogP contribution in [0.1, 0.15) is 48.3 Å². The lowest BCUT2D eigenvalue weighted by molar-refractivity contribution is -0.117. The van der Waals surface area contributed by atoms with E-state index in [1.165, 1.54) is 23.5 Å². The number of nitrogens with zero attached hydrogens (tertiary/aromatic N) is 5. The molecule has 2 saturated heterocycles. The lowest BCUT2D eigenvalue weighted by atomic mass is 10.1. The van der Waals surface area contributed by atoms with E-state index >= 15 is 0 Å². The number of likely N-dealkylation sites (tertiary alicyclic amines) is 1. The van der Waals surface area contributed by atoms with E-state index in [1.807, 2.05) is 33.3 Å². The van der Waals surface area contributed by atoms with Crippen molar-refractivity contribution < 1.29 is 4.79 Å². The minimum Gasteiger partial charge on any atom is -0.309 e. The van der Waals surface area contributed by atoms with Gasteiger partial charge >= 0.3 is 0 Å². The van der Waals surface area contributed by atoms with Crippen molar-refractivity contribution in [3.8, 4) is 0 Å².